The van der Waals surface area contributed by atoms with E-state index < -0.39 is 0 Å². The Balaban J connectivity index is 1.62. The van der Waals surface area contributed by atoms with Crippen molar-refractivity contribution in [2.24, 2.45) is 12.1 Å². The van der Waals surface area contributed by atoms with E-state index in [1.807, 2.05) is 42.8 Å². The first-order valence-electron chi connectivity index (χ1n) is 9.32. The molecule has 8 nitrogen and oxygen atoms in total. The molecule has 30 heavy (non-hydrogen) atoms. The third kappa shape index (κ3) is 4.85. The number of nitrogens with zero attached hydrogens (tertiary/aromatic N) is 3. The predicted molar refractivity (Wildman–Crippen MR) is 118 cm³/mol. The maximum absolute atomic E-state index is 12.2. The Morgan fingerprint density at radius 3 is 2.57 bits per heavy atom. The molecular weight excluding hydrogens is 404 g/mol. The number of methoxy groups -OCH3 is 2. The highest BCUT2D eigenvalue weighted by Gasteiger charge is 2.13. The van der Waals surface area contributed by atoms with Crippen molar-refractivity contribution in [1.82, 2.24) is 15.0 Å². The van der Waals surface area contributed by atoms with Gasteiger partial charge in [-0.3, -0.25) is 4.79 Å². The molecule has 158 valence electrons. The van der Waals surface area contributed by atoms with Crippen LogP contribution in [0.5, 0.6) is 17.2 Å². The molecule has 0 unspecified atom stereocenters. The van der Waals surface area contributed by atoms with Crippen molar-refractivity contribution in [1.29, 1.82) is 0 Å². The van der Waals surface area contributed by atoms with Gasteiger partial charge in [0.1, 0.15) is 0 Å². The van der Waals surface area contributed by atoms with Gasteiger partial charge in [0.15, 0.2) is 16.7 Å². The Kier molecular flexibility index (Phi) is 7.18. The zero-order valence-corrected chi connectivity index (χ0v) is 18.2. The summed E-state index contributed by atoms with van der Waals surface area (Å²) < 4.78 is 18.3. The van der Waals surface area contributed by atoms with Crippen LogP contribution in [0.25, 0.3) is 11.0 Å². The maximum atomic E-state index is 12.2. The van der Waals surface area contributed by atoms with Crippen LogP contribution >= 0.6 is 11.8 Å². The highest BCUT2D eigenvalue weighted by atomic mass is 32.2. The van der Waals surface area contributed by atoms with Gasteiger partial charge >= 0.3 is 0 Å². The van der Waals surface area contributed by atoms with Crippen LogP contribution in [0.2, 0.25) is 0 Å². The number of rotatable bonds is 9. The topological polar surface area (TPSA) is 87.0 Å². The van der Waals surface area contributed by atoms with E-state index in [2.05, 4.69) is 15.5 Å². The van der Waals surface area contributed by atoms with Crippen molar-refractivity contribution in [3.63, 3.8) is 0 Å². The Morgan fingerprint density at radius 1 is 1.23 bits per heavy atom. The van der Waals surface area contributed by atoms with Gasteiger partial charge in [0.25, 0.3) is 5.91 Å². The molecule has 0 atom stereocenters. The monoisotopic (exact) mass is 428 g/mol. The summed E-state index contributed by atoms with van der Waals surface area (Å²) >= 11 is 1.36. The molecule has 9 heteroatoms. The quantitative estimate of drug-likeness (QED) is 0.320. The molecule has 1 aromatic heterocycles. The normalized spacial score (nSPS) is 11.1. The lowest BCUT2D eigenvalue weighted by molar-refractivity contribution is -0.118. The van der Waals surface area contributed by atoms with Gasteiger partial charge in [-0.05, 0) is 31.2 Å². The molecule has 0 spiro atoms. The van der Waals surface area contributed by atoms with Gasteiger partial charge in [0.2, 0.25) is 5.75 Å². The Labute approximate surface area is 179 Å². The number of hydrogen-bond donors (Lipinski definition) is 1. The molecule has 2 aromatic carbocycles. The minimum atomic E-state index is -0.229. The van der Waals surface area contributed by atoms with E-state index in [4.69, 9.17) is 14.2 Å². The van der Waals surface area contributed by atoms with Gasteiger partial charge in [0.05, 0.1) is 43.8 Å². The third-order valence-electron chi connectivity index (χ3n) is 4.25. The van der Waals surface area contributed by atoms with Crippen LogP contribution in [-0.2, 0) is 11.8 Å². The number of aryl methyl sites for hydroxylation is 1. The lowest BCUT2D eigenvalue weighted by atomic mass is 10.2. The molecular formula is C21H24N4O4S. The molecule has 0 aliphatic carbocycles. The number of ether oxygens (including phenoxy) is 3. The van der Waals surface area contributed by atoms with Crippen LogP contribution in [0.15, 0.2) is 46.7 Å². The van der Waals surface area contributed by atoms with Crippen molar-refractivity contribution in [3.8, 4) is 17.2 Å². The zero-order valence-electron chi connectivity index (χ0n) is 17.3. The van der Waals surface area contributed by atoms with E-state index in [1.165, 1.54) is 18.0 Å². The average Bonchev–Trinajstić information content (AvgIpc) is 3.08. The van der Waals surface area contributed by atoms with Crippen LogP contribution in [0.1, 0.15) is 12.5 Å². The van der Waals surface area contributed by atoms with E-state index in [-0.39, 0.29) is 11.7 Å². The number of amides is 1. The second-order valence-electron chi connectivity index (χ2n) is 6.21. The number of hydrazone groups is 1. The minimum absolute atomic E-state index is 0.199. The van der Waals surface area contributed by atoms with E-state index in [0.717, 1.165) is 16.2 Å². The molecule has 0 saturated carbocycles. The summed E-state index contributed by atoms with van der Waals surface area (Å²) in [7, 11) is 5.04. The van der Waals surface area contributed by atoms with E-state index >= 15 is 0 Å². The van der Waals surface area contributed by atoms with E-state index in [0.29, 0.717) is 29.4 Å². The first-order chi connectivity index (χ1) is 14.6. The van der Waals surface area contributed by atoms with Gasteiger partial charge in [-0.1, -0.05) is 23.9 Å². The summed E-state index contributed by atoms with van der Waals surface area (Å²) in [6.45, 7) is 2.37. The highest BCUT2D eigenvalue weighted by molar-refractivity contribution is 7.99. The van der Waals surface area contributed by atoms with Crippen molar-refractivity contribution < 1.29 is 19.0 Å². The molecule has 0 fully saturated rings. The fourth-order valence-corrected chi connectivity index (χ4v) is 3.63. The standard InChI is InChI=1S/C21H24N4O4S/c1-5-29-20-17(27-3)10-14(11-18(20)28-4)12-22-24-19(26)13-30-21-23-15-8-6-7-9-16(15)25(21)2/h6-12H,5,13H2,1-4H3,(H,24,26)/b22-12-. The molecule has 3 rings (SSSR count). The smallest absolute Gasteiger partial charge is 0.250 e. The number of fused-ring (bicyclic) bond motifs is 1. The number of aromatic nitrogens is 2. The van der Waals surface area contributed by atoms with Gasteiger partial charge < -0.3 is 18.8 Å². The number of carbonyl (C=O) groups excluding carboxylic acids is 1. The molecule has 0 bridgehead atoms. The molecule has 0 saturated heterocycles. The van der Waals surface area contributed by atoms with Crippen molar-refractivity contribution >= 4 is 34.9 Å². The molecule has 1 N–H and O–H groups in total. The first kappa shape index (κ1) is 21.5. The second-order valence-corrected chi connectivity index (χ2v) is 7.15. The Morgan fingerprint density at radius 2 is 1.93 bits per heavy atom. The SMILES string of the molecule is CCOc1c(OC)cc(/C=N\NC(=O)CSc2nc3ccccc3n2C)cc1OC. The van der Waals surface area contributed by atoms with Gasteiger partial charge in [-0.15, -0.1) is 0 Å². The number of benzene rings is 2. The number of nitrogens with one attached hydrogen (secondary N) is 1. The second kappa shape index (κ2) is 10.0. The predicted octanol–water partition coefficient (Wildman–Crippen LogP) is 3.23. The summed E-state index contributed by atoms with van der Waals surface area (Å²) in [5.74, 6) is 1.56. The molecule has 1 amide bonds. The van der Waals surface area contributed by atoms with Gasteiger partial charge in [0, 0.05) is 12.6 Å². The number of carbonyl (C=O) groups is 1. The molecule has 0 aliphatic heterocycles. The van der Waals surface area contributed by atoms with Crippen LogP contribution < -0.4 is 19.6 Å². The van der Waals surface area contributed by atoms with Crippen LogP contribution in [0.4, 0.5) is 0 Å². The van der Waals surface area contributed by atoms with E-state index in [9.17, 15) is 4.79 Å². The Bertz CT molecular complexity index is 1040. The first-order valence-corrected chi connectivity index (χ1v) is 10.3. The number of imidazole rings is 1. The lowest BCUT2D eigenvalue weighted by Crippen LogP contribution is -2.19. The summed E-state index contributed by atoms with van der Waals surface area (Å²) in [6.07, 6.45) is 1.53. The summed E-state index contributed by atoms with van der Waals surface area (Å²) in [4.78, 5) is 16.7. The highest BCUT2D eigenvalue weighted by Crippen LogP contribution is 2.38. The summed E-state index contributed by atoms with van der Waals surface area (Å²) in [6, 6.07) is 11.4. The van der Waals surface area contributed by atoms with Gasteiger partial charge in [-0.25, -0.2) is 10.4 Å². The lowest BCUT2D eigenvalue weighted by Gasteiger charge is -2.14. The molecule has 3 aromatic rings. The molecule has 0 radical (unpaired) electrons. The zero-order chi connectivity index (χ0) is 21.5. The maximum Gasteiger partial charge on any atom is 0.250 e. The fourth-order valence-electron chi connectivity index (χ4n) is 2.86. The van der Waals surface area contributed by atoms with Crippen molar-refractivity contribution in [2.75, 3.05) is 26.6 Å². The molecule has 1 heterocycles. The van der Waals surface area contributed by atoms with Crippen LogP contribution in [0, 0.1) is 0 Å². The summed E-state index contributed by atoms with van der Waals surface area (Å²) in [5.41, 5.74) is 5.16. The fraction of sp³-hybridized carbons (Fsp3) is 0.286. The number of para-hydroxylation sites is 2. The molecule has 0 aliphatic rings. The summed E-state index contributed by atoms with van der Waals surface area (Å²) in [5, 5.41) is 4.80. The van der Waals surface area contributed by atoms with Crippen LogP contribution in [0.3, 0.4) is 0 Å². The minimum Gasteiger partial charge on any atom is -0.493 e. The van der Waals surface area contributed by atoms with Crippen molar-refractivity contribution in [2.45, 2.75) is 12.1 Å². The van der Waals surface area contributed by atoms with Crippen molar-refractivity contribution in [3.05, 3.63) is 42.0 Å². The number of thioether (sulfide) groups is 1. The van der Waals surface area contributed by atoms with Gasteiger partial charge in [-0.2, -0.15) is 5.10 Å². The van der Waals surface area contributed by atoms with Crippen LogP contribution in [-0.4, -0.2) is 48.3 Å². The Hall–Kier alpha value is -3.20. The largest absolute Gasteiger partial charge is 0.493 e. The van der Waals surface area contributed by atoms with E-state index in [1.54, 1.807) is 26.4 Å². The average molecular weight is 429 g/mol. The third-order valence-corrected chi connectivity index (χ3v) is 5.28. The number of hydrogen-bond acceptors (Lipinski definition) is 7.